The summed E-state index contributed by atoms with van der Waals surface area (Å²) in [4.78, 5) is 11.0. The Balaban J connectivity index is 3.06. The van der Waals surface area contributed by atoms with Crippen LogP contribution in [0.5, 0.6) is 5.75 Å². The lowest BCUT2D eigenvalue weighted by molar-refractivity contribution is -0.138. The van der Waals surface area contributed by atoms with Gasteiger partial charge in [-0.3, -0.25) is 4.79 Å². The number of rotatable bonds is 4. The third-order valence-electron chi connectivity index (χ3n) is 1.41. The van der Waals surface area contributed by atoms with Crippen LogP contribution in [0, 0.1) is 0 Å². The van der Waals surface area contributed by atoms with Crippen LogP contribution in [0.4, 0.5) is 0 Å². The SMILES string of the molecule is [2H]OC(=O)[C@@H](N)C([2H])([2H])c1cccc(O[2H])c1. The average Bonchev–Trinajstić information content (AvgIpc) is 2.36. The maximum atomic E-state index is 11.0. The molecule has 0 unspecified atom stereocenters. The summed E-state index contributed by atoms with van der Waals surface area (Å²) in [6, 6.07) is 3.96. The number of benzene rings is 1. The highest BCUT2D eigenvalue weighted by Crippen LogP contribution is 2.11. The number of hydrogen-bond donors (Lipinski definition) is 3. The van der Waals surface area contributed by atoms with Crippen molar-refractivity contribution in [2.75, 3.05) is 0 Å². The minimum absolute atomic E-state index is 0.0696. The number of carboxylic acid groups (broad SMARTS) is 1. The third-order valence-corrected chi connectivity index (χ3v) is 1.41. The maximum absolute atomic E-state index is 11.0. The molecule has 4 nitrogen and oxygen atoms in total. The fourth-order valence-electron chi connectivity index (χ4n) is 0.824. The second-order valence-corrected chi connectivity index (χ2v) is 2.47. The highest BCUT2D eigenvalue weighted by atomic mass is 16.4. The van der Waals surface area contributed by atoms with Crippen molar-refractivity contribution in [1.82, 2.24) is 0 Å². The molecule has 0 saturated carbocycles. The molecule has 13 heavy (non-hydrogen) atoms. The fraction of sp³-hybridized carbons (Fsp3) is 0.222. The Bertz CT molecular complexity index is 413. The summed E-state index contributed by atoms with van der Waals surface area (Å²) in [5.41, 5.74) is 5.44. The summed E-state index contributed by atoms with van der Waals surface area (Å²) in [5, 5.41) is 7.86. The minimum Gasteiger partial charge on any atom is -0.508 e. The van der Waals surface area contributed by atoms with Crippen LogP contribution in [0.1, 0.15) is 8.30 Å². The van der Waals surface area contributed by atoms with Crippen molar-refractivity contribution in [3.63, 3.8) is 0 Å². The van der Waals surface area contributed by atoms with Crippen molar-refractivity contribution < 1.29 is 17.8 Å². The number of hydrogen-bond acceptors (Lipinski definition) is 4. The molecule has 0 spiro atoms. The third kappa shape index (κ3) is 2.76. The standard InChI is InChI=1S/C9H11NO3/c10-8(9(12)13)5-6-2-1-3-7(11)4-6/h1-4,8,11H,5,10H2,(H,12,13)/t8-/m0/s1/i5D2/hD2. The fourth-order valence-corrected chi connectivity index (χ4v) is 0.824. The monoisotopic (exact) mass is 185 g/mol. The molecule has 0 radical (unpaired) electrons. The zero-order chi connectivity index (χ0) is 13.1. The van der Waals surface area contributed by atoms with E-state index in [2.05, 4.69) is 10.2 Å². The van der Waals surface area contributed by atoms with Crippen LogP contribution in [0.3, 0.4) is 0 Å². The number of aromatic hydroxyl groups is 1. The molecule has 0 fully saturated rings. The largest absolute Gasteiger partial charge is 0.508 e. The van der Waals surface area contributed by atoms with Gasteiger partial charge in [0.15, 0.2) is 0 Å². The molecular formula is C9H11NO3. The lowest BCUT2D eigenvalue weighted by atomic mass is 10.1. The summed E-state index contributed by atoms with van der Waals surface area (Å²) >= 11 is 0. The first-order valence-corrected chi connectivity index (χ1v) is 3.59. The Morgan fingerprint density at radius 2 is 2.62 bits per heavy atom. The first kappa shape index (κ1) is 5.24. The Hall–Kier alpha value is -1.55. The van der Waals surface area contributed by atoms with Gasteiger partial charge < -0.3 is 16.0 Å². The van der Waals surface area contributed by atoms with Gasteiger partial charge in [0.05, 0.1) is 0 Å². The van der Waals surface area contributed by atoms with Crippen LogP contribution in [-0.2, 0) is 11.2 Å². The first-order valence-electron chi connectivity index (χ1n) is 5.41. The molecule has 1 rings (SSSR count). The summed E-state index contributed by atoms with van der Waals surface area (Å²) in [6.07, 6.45) is -2.22. The maximum Gasteiger partial charge on any atom is 0.320 e. The predicted molar refractivity (Wildman–Crippen MR) is 47.4 cm³/mol. The van der Waals surface area contributed by atoms with Gasteiger partial charge >= 0.3 is 5.97 Å². The van der Waals surface area contributed by atoms with E-state index >= 15 is 0 Å². The highest BCUT2D eigenvalue weighted by Gasteiger charge is 2.11. The van der Waals surface area contributed by atoms with Gasteiger partial charge in [0.1, 0.15) is 11.8 Å². The Labute approximate surface area is 81.4 Å². The van der Waals surface area contributed by atoms with Gasteiger partial charge in [-0.2, -0.15) is 0 Å². The second kappa shape index (κ2) is 3.91. The highest BCUT2D eigenvalue weighted by molar-refractivity contribution is 5.73. The smallest absolute Gasteiger partial charge is 0.320 e. The van der Waals surface area contributed by atoms with Crippen LogP contribution < -0.4 is 5.73 Å². The molecule has 1 atom stereocenters. The van der Waals surface area contributed by atoms with Crippen molar-refractivity contribution in [3.8, 4) is 5.75 Å². The summed E-state index contributed by atoms with van der Waals surface area (Å²) < 4.78 is 28.5. The summed E-state index contributed by atoms with van der Waals surface area (Å²) in [5.74, 6) is -1.05. The van der Waals surface area contributed by atoms with Gasteiger partial charge in [-0.1, -0.05) is 12.1 Å². The Morgan fingerprint density at radius 1 is 1.77 bits per heavy atom. The van der Waals surface area contributed by atoms with Crippen LogP contribution in [0.25, 0.3) is 1.43 Å². The van der Waals surface area contributed by atoms with Crippen molar-refractivity contribution in [2.45, 2.75) is 12.4 Å². The Kier molecular flexibility index (Phi) is 1.58. The molecule has 1 aromatic rings. The van der Waals surface area contributed by atoms with Gasteiger partial charge in [-0.05, 0) is 24.1 Å². The van der Waals surface area contributed by atoms with Crippen molar-refractivity contribution in [3.05, 3.63) is 29.8 Å². The van der Waals surface area contributed by atoms with E-state index in [1.54, 1.807) is 0 Å². The second-order valence-electron chi connectivity index (χ2n) is 2.47. The van der Waals surface area contributed by atoms with Crippen molar-refractivity contribution in [2.24, 2.45) is 5.73 Å². The lowest BCUT2D eigenvalue weighted by Crippen LogP contribution is -2.32. The molecule has 4 heteroatoms. The number of phenols is 1. The number of aliphatic carboxylic acids is 1. The number of carboxylic acids is 1. The molecule has 1 aromatic carbocycles. The van der Waals surface area contributed by atoms with E-state index in [4.69, 9.17) is 11.3 Å². The van der Waals surface area contributed by atoms with E-state index < -0.39 is 18.4 Å². The number of carbonyl (C=O) groups is 1. The summed E-state index contributed by atoms with van der Waals surface area (Å²) in [7, 11) is 0. The van der Waals surface area contributed by atoms with Gasteiger partial charge in [0.25, 0.3) is 2.86 Å². The van der Waals surface area contributed by atoms with Gasteiger partial charge in [-0.15, -0.1) is 0 Å². The molecule has 0 heterocycles. The van der Waals surface area contributed by atoms with E-state index in [0.717, 1.165) is 0 Å². The van der Waals surface area contributed by atoms with Crippen LogP contribution in [0.15, 0.2) is 24.3 Å². The van der Waals surface area contributed by atoms with E-state index in [9.17, 15) is 4.79 Å². The minimum atomic E-state index is -2.22. The average molecular weight is 185 g/mol. The zero-order valence-corrected chi connectivity index (χ0v) is 6.69. The van der Waals surface area contributed by atoms with E-state index in [1.807, 2.05) is 0 Å². The molecular weight excluding hydrogens is 170 g/mol. The van der Waals surface area contributed by atoms with Gasteiger partial charge in [-0.25, -0.2) is 0 Å². The van der Waals surface area contributed by atoms with Crippen LogP contribution >= 0.6 is 0 Å². The van der Waals surface area contributed by atoms with Crippen LogP contribution in [-0.4, -0.2) is 23.7 Å². The molecule has 0 bridgehead atoms. The molecule has 70 valence electrons. The quantitative estimate of drug-likeness (QED) is 0.631. The molecule has 0 aliphatic rings. The Morgan fingerprint density at radius 3 is 3.31 bits per heavy atom. The molecule has 4 N–H and O–H groups in total. The first-order chi connectivity index (χ1) is 7.93. The zero-order valence-electron chi connectivity index (χ0n) is 10.7. The molecule has 0 aliphatic carbocycles. The molecule has 0 saturated heterocycles. The number of phenolic OH excluding ortho intramolecular Hbond substituents is 1. The molecule has 0 amide bonds. The van der Waals surface area contributed by atoms with E-state index in [-0.39, 0.29) is 11.3 Å². The lowest BCUT2D eigenvalue weighted by Gasteiger charge is -2.05. The van der Waals surface area contributed by atoms with Crippen molar-refractivity contribution >= 4 is 5.97 Å². The summed E-state index contributed by atoms with van der Waals surface area (Å²) in [6.45, 7) is 0. The molecule has 0 aromatic heterocycles. The number of nitrogens with two attached hydrogens (primary N) is 1. The van der Waals surface area contributed by atoms with Crippen molar-refractivity contribution in [1.29, 1.82) is 2.86 Å². The van der Waals surface area contributed by atoms with Gasteiger partial charge in [0, 0.05) is 2.74 Å². The normalized spacial score (nSPS) is 17.3. The predicted octanol–water partition coefficient (Wildman–Crippen LogP) is 0.347. The molecule has 0 aliphatic heterocycles. The van der Waals surface area contributed by atoms with Crippen LogP contribution in [0.2, 0.25) is 0 Å². The van der Waals surface area contributed by atoms with Gasteiger partial charge in [0.2, 0.25) is 0 Å². The van der Waals surface area contributed by atoms with E-state index in [1.165, 1.54) is 24.3 Å². The topological polar surface area (TPSA) is 83.5 Å². The van der Waals surface area contributed by atoms with E-state index in [0.29, 0.717) is 0 Å².